The van der Waals surface area contributed by atoms with Crippen molar-refractivity contribution in [2.24, 2.45) is 0 Å². The SMILES string of the molecule is Cc1ccc(C)c(C(=O)N2CC[C@@H](Nc3nc4ccc(Cl)cc4o3)C2)c1. The van der Waals surface area contributed by atoms with Gasteiger partial charge in [-0.15, -0.1) is 0 Å². The summed E-state index contributed by atoms with van der Waals surface area (Å²) in [6.45, 7) is 5.33. The Morgan fingerprint density at radius 3 is 2.96 bits per heavy atom. The molecule has 26 heavy (non-hydrogen) atoms. The lowest BCUT2D eigenvalue weighted by Gasteiger charge is -2.18. The molecule has 1 aromatic heterocycles. The minimum Gasteiger partial charge on any atom is -0.423 e. The Kier molecular flexibility index (Phi) is 4.32. The minimum atomic E-state index is 0.0832. The fraction of sp³-hybridized carbons (Fsp3) is 0.300. The minimum absolute atomic E-state index is 0.0832. The topological polar surface area (TPSA) is 58.4 Å². The molecule has 4 rings (SSSR count). The lowest BCUT2D eigenvalue weighted by molar-refractivity contribution is 0.0790. The van der Waals surface area contributed by atoms with E-state index in [1.54, 1.807) is 12.1 Å². The normalized spacial score (nSPS) is 17.0. The first kappa shape index (κ1) is 16.9. The highest BCUT2D eigenvalue weighted by Gasteiger charge is 2.28. The van der Waals surface area contributed by atoms with Gasteiger partial charge in [-0.05, 0) is 44.0 Å². The molecule has 1 fully saturated rings. The number of aryl methyl sites for hydroxylation is 2. The number of rotatable bonds is 3. The molecule has 134 valence electrons. The fourth-order valence-electron chi connectivity index (χ4n) is 3.33. The van der Waals surface area contributed by atoms with E-state index in [-0.39, 0.29) is 11.9 Å². The first-order chi connectivity index (χ1) is 12.5. The number of fused-ring (bicyclic) bond motifs is 1. The van der Waals surface area contributed by atoms with Gasteiger partial charge in [0.15, 0.2) is 5.58 Å². The van der Waals surface area contributed by atoms with E-state index in [0.29, 0.717) is 23.2 Å². The zero-order valence-corrected chi connectivity index (χ0v) is 15.5. The van der Waals surface area contributed by atoms with Crippen LogP contribution in [0.5, 0.6) is 0 Å². The van der Waals surface area contributed by atoms with E-state index < -0.39 is 0 Å². The van der Waals surface area contributed by atoms with Crippen LogP contribution >= 0.6 is 11.6 Å². The summed E-state index contributed by atoms with van der Waals surface area (Å²) in [5.74, 6) is 0.0832. The van der Waals surface area contributed by atoms with E-state index >= 15 is 0 Å². The molecule has 1 aliphatic heterocycles. The zero-order chi connectivity index (χ0) is 18.3. The molecule has 2 heterocycles. The van der Waals surface area contributed by atoms with Crippen LogP contribution in [-0.4, -0.2) is 34.9 Å². The third-order valence-electron chi connectivity index (χ3n) is 4.78. The van der Waals surface area contributed by atoms with Crippen molar-refractivity contribution in [1.82, 2.24) is 9.88 Å². The van der Waals surface area contributed by atoms with Gasteiger partial charge in [0.2, 0.25) is 0 Å². The Bertz CT molecular complexity index is 982. The molecule has 1 saturated heterocycles. The molecule has 1 N–H and O–H groups in total. The number of carbonyl (C=O) groups excluding carboxylic acids is 1. The quantitative estimate of drug-likeness (QED) is 0.742. The molecule has 0 unspecified atom stereocenters. The van der Waals surface area contributed by atoms with E-state index in [0.717, 1.165) is 35.2 Å². The van der Waals surface area contributed by atoms with Gasteiger partial charge < -0.3 is 14.6 Å². The maximum absolute atomic E-state index is 12.8. The monoisotopic (exact) mass is 369 g/mol. The molecular formula is C20H20ClN3O2. The van der Waals surface area contributed by atoms with Crippen LogP contribution in [0.1, 0.15) is 27.9 Å². The van der Waals surface area contributed by atoms with Gasteiger partial charge >= 0.3 is 0 Å². The van der Waals surface area contributed by atoms with E-state index in [1.807, 2.05) is 43.0 Å². The highest BCUT2D eigenvalue weighted by molar-refractivity contribution is 6.31. The summed E-state index contributed by atoms with van der Waals surface area (Å²) in [5, 5.41) is 3.91. The number of aromatic nitrogens is 1. The predicted octanol–water partition coefficient (Wildman–Crippen LogP) is 4.42. The van der Waals surface area contributed by atoms with Crippen molar-refractivity contribution in [3.63, 3.8) is 0 Å². The van der Waals surface area contributed by atoms with Crippen molar-refractivity contribution in [2.45, 2.75) is 26.3 Å². The molecule has 2 aromatic carbocycles. The second-order valence-corrected chi connectivity index (χ2v) is 7.27. The van der Waals surface area contributed by atoms with Gasteiger partial charge in [-0.3, -0.25) is 4.79 Å². The smallest absolute Gasteiger partial charge is 0.295 e. The third-order valence-corrected chi connectivity index (χ3v) is 5.01. The highest BCUT2D eigenvalue weighted by Crippen LogP contribution is 2.25. The molecule has 0 aliphatic carbocycles. The van der Waals surface area contributed by atoms with Crippen molar-refractivity contribution in [1.29, 1.82) is 0 Å². The van der Waals surface area contributed by atoms with Crippen LogP contribution in [0.15, 0.2) is 40.8 Å². The molecule has 1 amide bonds. The summed E-state index contributed by atoms with van der Waals surface area (Å²) in [5.41, 5.74) is 4.30. The summed E-state index contributed by atoms with van der Waals surface area (Å²) < 4.78 is 5.72. The summed E-state index contributed by atoms with van der Waals surface area (Å²) in [6.07, 6.45) is 0.857. The van der Waals surface area contributed by atoms with Crippen LogP contribution < -0.4 is 5.32 Å². The largest absolute Gasteiger partial charge is 0.423 e. The Hall–Kier alpha value is -2.53. The number of nitrogens with zero attached hydrogens (tertiary/aromatic N) is 2. The second-order valence-electron chi connectivity index (χ2n) is 6.83. The number of carbonyl (C=O) groups is 1. The summed E-state index contributed by atoms with van der Waals surface area (Å²) in [7, 11) is 0. The number of oxazole rings is 1. The molecule has 0 saturated carbocycles. The molecular weight excluding hydrogens is 350 g/mol. The van der Waals surface area contributed by atoms with Gasteiger partial charge in [0.1, 0.15) is 5.52 Å². The van der Waals surface area contributed by atoms with E-state index in [4.69, 9.17) is 16.0 Å². The van der Waals surface area contributed by atoms with E-state index in [9.17, 15) is 4.79 Å². The van der Waals surface area contributed by atoms with Crippen molar-refractivity contribution in [3.8, 4) is 0 Å². The molecule has 3 aromatic rings. The first-order valence-corrected chi connectivity index (χ1v) is 9.06. The van der Waals surface area contributed by atoms with E-state index in [2.05, 4.69) is 10.3 Å². The van der Waals surface area contributed by atoms with Crippen LogP contribution in [0.25, 0.3) is 11.1 Å². The molecule has 1 atom stereocenters. The third kappa shape index (κ3) is 3.27. The molecule has 6 heteroatoms. The van der Waals surface area contributed by atoms with Crippen molar-refractivity contribution in [2.75, 3.05) is 18.4 Å². The van der Waals surface area contributed by atoms with Crippen molar-refractivity contribution in [3.05, 3.63) is 58.1 Å². The van der Waals surface area contributed by atoms with Gasteiger partial charge in [0, 0.05) is 35.8 Å². The standard InChI is InChI=1S/C20H20ClN3O2/c1-12-3-4-13(2)16(9-12)19(25)24-8-7-15(11-24)22-20-23-17-6-5-14(21)10-18(17)26-20/h3-6,9-10,15H,7-8,11H2,1-2H3,(H,22,23)/t15-/m1/s1. The van der Waals surface area contributed by atoms with Crippen molar-refractivity contribution >= 4 is 34.6 Å². The van der Waals surface area contributed by atoms with Crippen LogP contribution in [0.3, 0.4) is 0 Å². The molecule has 0 radical (unpaired) electrons. The lowest BCUT2D eigenvalue weighted by Crippen LogP contribution is -2.32. The molecule has 5 nitrogen and oxygen atoms in total. The molecule has 1 aliphatic rings. The highest BCUT2D eigenvalue weighted by atomic mass is 35.5. The number of nitrogens with one attached hydrogen (secondary N) is 1. The van der Waals surface area contributed by atoms with Gasteiger partial charge in [-0.25, -0.2) is 0 Å². The maximum atomic E-state index is 12.8. The van der Waals surface area contributed by atoms with Crippen LogP contribution in [0.2, 0.25) is 5.02 Å². The van der Waals surface area contributed by atoms with Crippen LogP contribution in [-0.2, 0) is 0 Å². The van der Waals surface area contributed by atoms with Gasteiger partial charge in [-0.1, -0.05) is 29.3 Å². The van der Waals surface area contributed by atoms with Crippen LogP contribution in [0, 0.1) is 13.8 Å². The zero-order valence-electron chi connectivity index (χ0n) is 14.8. The number of amides is 1. The Balaban J connectivity index is 1.46. The number of anilines is 1. The number of hydrogen-bond donors (Lipinski definition) is 1. The van der Waals surface area contributed by atoms with Gasteiger partial charge in [-0.2, -0.15) is 4.98 Å². The van der Waals surface area contributed by atoms with E-state index in [1.165, 1.54) is 0 Å². The average Bonchev–Trinajstić information content (AvgIpc) is 3.22. The first-order valence-electron chi connectivity index (χ1n) is 8.69. The summed E-state index contributed by atoms with van der Waals surface area (Å²) in [6, 6.07) is 11.9. The number of halogens is 1. The summed E-state index contributed by atoms with van der Waals surface area (Å²) in [4.78, 5) is 19.2. The number of hydrogen-bond acceptors (Lipinski definition) is 4. The van der Waals surface area contributed by atoms with Gasteiger partial charge in [0.05, 0.1) is 0 Å². The van der Waals surface area contributed by atoms with Gasteiger partial charge in [0.25, 0.3) is 11.9 Å². The number of benzene rings is 2. The average molecular weight is 370 g/mol. The lowest BCUT2D eigenvalue weighted by atomic mass is 10.0. The fourth-order valence-corrected chi connectivity index (χ4v) is 3.50. The van der Waals surface area contributed by atoms with Crippen molar-refractivity contribution < 1.29 is 9.21 Å². The summed E-state index contributed by atoms with van der Waals surface area (Å²) >= 11 is 5.98. The maximum Gasteiger partial charge on any atom is 0.295 e. The molecule has 0 bridgehead atoms. The Labute approximate surface area is 157 Å². The molecule has 0 spiro atoms. The Morgan fingerprint density at radius 2 is 2.12 bits per heavy atom. The van der Waals surface area contributed by atoms with Crippen LogP contribution in [0.4, 0.5) is 6.01 Å². The second kappa shape index (κ2) is 6.65. The Morgan fingerprint density at radius 1 is 1.27 bits per heavy atom. The predicted molar refractivity (Wildman–Crippen MR) is 103 cm³/mol. The number of likely N-dealkylation sites (tertiary alicyclic amines) is 1.